The summed E-state index contributed by atoms with van der Waals surface area (Å²) in [6, 6.07) is 5.10. The van der Waals surface area contributed by atoms with Crippen LogP contribution >= 0.6 is 0 Å². The maximum absolute atomic E-state index is 12.1. The molecule has 1 rings (SSSR count). The molecular formula is C15H23N3O5S. The van der Waals surface area contributed by atoms with Crippen LogP contribution in [-0.2, 0) is 19.0 Å². The Morgan fingerprint density at radius 1 is 1.29 bits per heavy atom. The van der Waals surface area contributed by atoms with Gasteiger partial charge in [-0.05, 0) is 31.0 Å². The number of nitrogens with zero attached hydrogens (tertiary/aromatic N) is 3. The molecule has 1 aromatic rings. The van der Waals surface area contributed by atoms with Gasteiger partial charge in [0.25, 0.3) is 10.1 Å². The number of aryl methyl sites for hydroxylation is 1. The molecule has 1 N–H and O–H groups in total. The highest BCUT2D eigenvalue weighted by Crippen LogP contribution is 2.15. The van der Waals surface area contributed by atoms with Gasteiger partial charge < -0.3 is 9.84 Å². The Labute approximate surface area is 142 Å². The summed E-state index contributed by atoms with van der Waals surface area (Å²) in [6.45, 7) is 3.80. The average Bonchev–Trinajstić information content (AvgIpc) is 2.55. The van der Waals surface area contributed by atoms with Crippen molar-refractivity contribution in [3.8, 4) is 0 Å². The highest BCUT2D eigenvalue weighted by Gasteiger charge is 2.23. The summed E-state index contributed by atoms with van der Waals surface area (Å²) in [5.74, 6) is 0. The molecular weight excluding hydrogens is 334 g/mol. The Hall–Kier alpha value is -1.64. The Morgan fingerprint density at radius 3 is 2.54 bits per heavy atom. The fourth-order valence-corrected chi connectivity index (χ4v) is 2.71. The van der Waals surface area contributed by atoms with Gasteiger partial charge in [0.1, 0.15) is 0 Å². The predicted molar refractivity (Wildman–Crippen MR) is 89.0 cm³/mol. The third-order valence-electron chi connectivity index (χ3n) is 3.28. The molecule has 0 aliphatic carbocycles. The molecule has 9 heteroatoms. The van der Waals surface area contributed by atoms with Crippen LogP contribution in [0.5, 0.6) is 0 Å². The molecule has 1 aromatic carbocycles. The molecule has 0 heterocycles. The molecule has 0 aliphatic heterocycles. The van der Waals surface area contributed by atoms with Crippen LogP contribution < -0.4 is 0 Å². The number of aliphatic hydroxyl groups excluding tert-OH is 1. The van der Waals surface area contributed by atoms with Crippen molar-refractivity contribution < 1.29 is 22.4 Å². The van der Waals surface area contributed by atoms with Crippen molar-refractivity contribution in [2.75, 3.05) is 19.8 Å². The van der Waals surface area contributed by atoms with E-state index in [-0.39, 0.29) is 11.5 Å². The molecule has 0 spiro atoms. The molecule has 0 bridgehead atoms. The zero-order chi connectivity index (χ0) is 18.0. The smallest absolute Gasteiger partial charge is 0.296 e. The second kappa shape index (κ2) is 10.3. The lowest BCUT2D eigenvalue weighted by atomic mass is 10.2. The molecule has 0 aromatic heterocycles. The van der Waals surface area contributed by atoms with Crippen LogP contribution in [0, 0.1) is 6.92 Å². The number of hydrogen-bond donors (Lipinski definition) is 1. The van der Waals surface area contributed by atoms with Crippen LogP contribution in [-0.4, -0.2) is 45.5 Å². The van der Waals surface area contributed by atoms with E-state index in [1.54, 1.807) is 12.1 Å². The highest BCUT2D eigenvalue weighted by atomic mass is 32.2. The second-order valence-electron chi connectivity index (χ2n) is 5.32. The summed E-state index contributed by atoms with van der Waals surface area (Å²) in [4.78, 5) is 2.62. The average molecular weight is 357 g/mol. The van der Waals surface area contributed by atoms with Crippen LogP contribution in [0.25, 0.3) is 10.4 Å². The quantitative estimate of drug-likeness (QED) is 0.214. The van der Waals surface area contributed by atoms with Crippen molar-refractivity contribution in [3.05, 3.63) is 40.3 Å². The van der Waals surface area contributed by atoms with E-state index in [9.17, 15) is 13.5 Å². The zero-order valence-corrected chi connectivity index (χ0v) is 14.6. The molecule has 134 valence electrons. The number of rotatable bonds is 11. The van der Waals surface area contributed by atoms with E-state index in [1.165, 1.54) is 12.1 Å². The fourth-order valence-electron chi connectivity index (χ4n) is 1.78. The molecule has 24 heavy (non-hydrogen) atoms. The standard InChI is InChI=1S/C15H23N3O5S/c1-3-4-9-22-11-15(19)14(17-18-16)10-23-24(20,21)13-7-5-12(2)6-8-13/h5-8,14-15,19H,3-4,9-11H2,1-2H3/t14-,15-/m0/s1. The van der Waals surface area contributed by atoms with E-state index in [4.69, 9.17) is 14.5 Å². The summed E-state index contributed by atoms with van der Waals surface area (Å²) in [5.41, 5.74) is 9.49. The number of unbranched alkanes of at least 4 members (excludes halogenated alkanes) is 1. The first kappa shape index (κ1) is 20.4. The molecule has 8 nitrogen and oxygen atoms in total. The second-order valence-corrected chi connectivity index (χ2v) is 6.94. The minimum absolute atomic E-state index is 0.00136. The fraction of sp³-hybridized carbons (Fsp3) is 0.600. The Balaban J connectivity index is 2.64. The summed E-state index contributed by atoms with van der Waals surface area (Å²) in [5, 5.41) is 13.4. The largest absolute Gasteiger partial charge is 0.390 e. The van der Waals surface area contributed by atoms with Gasteiger partial charge in [-0.1, -0.05) is 36.2 Å². The minimum atomic E-state index is -3.99. The van der Waals surface area contributed by atoms with E-state index >= 15 is 0 Å². The lowest BCUT2D eigenvalue weighted by molar-refractivity contribution is 0.0148. The number of hydrogen-bond acceptors (Lipinski definition) is 6. The van der Waals surface area contributed by atoms with Gasteiger partial charge in [-0.15, -0.1) is 0 Å². The van der Waals surface area contributed by atoms with Crippen molar-refractivity contribution in [1.29, 1.82) is 0 Å². The van der Waals surface area contributed by atoms with Gasteiger partial charge in [0.05, 0.1) is 30.3 Å². The normalized spacial score (nSPS) is 14.0. The molecule has 0 saturated carbocycles. The highest BCUT2D eigenvalue weighted by molar-refractivity contribution is 7.86. The first-order valence-electron chi connectivity index (χ1n) is 7.66. The van der Waals surface area contributed by atoms with E-state index < -0.39 is 28.9 Å². The molecule has 0 fully saturated rings. The van der Waals surface area contributed by atoms with Crippen LogP contribution in [0.1, 0.15) is 25.3 Å². The van der Waals surface area contributed by atoms with Crippen molar-refractivity contribution >= 4 is 10.1 Å². The van der Waals surface area contributed by atoms with Crippen molar-refractivity contribution in [3.63, 3.8) is 0 Å². The Kier molecular flexibility index (Phi) is 8.73. The van der Waals surface area contributed by atoms with Crippen molar-refractivity contribution in [1.82, 2.24) is 0 Å². The number of ether oxygens (including phenoxy) is 1. The number of benzene rings is 1. The molecule has 0 radical (unpaired) electrons. The van der Waals surface area contributed by atoms with Crippen molar-refractivity contribution in [2.45, 2.75) is 43.7 Å². The van der Waals surface area contributed by atoms with Gasteiger partial charge >= 0.3 is 0 Å². The van der Waals surface area contributed by atoms with Gasteiger partial charge in [0.15, 0.2) is 0 Å². The zero-order valence-electron chi connectivity index (χ0n) is 13.8. The van der Waals surface area contributed by atoms with Crippen LogP contribution in [0.15, 0.2) is 34.3 Å². The topological polar surface area (TPSA) is 122 Å². The lowest BCUT2D eigenvalue weighted by Crippen LogP contribution is -2.33. The molecule has 0 amide bonds. The van der Waals surface area contributed by atoms with Gasteiger partial charge in [-0.2, -0.15) is 8.42 Å². The third kappa shape index (κ3) is 6.86. The van der Waals surface area contributed by atoms with Gasteiger partial charge in [-0.3, -0.25) is 4.18 Å². The van der Waals surface area contributed by atoms with E-state index in [1.807, 2.05) is 13.8 Å². The third-order valence-corrected chi connectivity index (χ3v) is 4.57. The first-order valence-corrected chi connectivity index (χ1v) is 9.07. The van der Waals surface area contributed by atoms with Crippen LogP contribution in [0.3, 0.4) is 0 Å². The summed E-state index contributed by atoms with van der Waals surface area (Å²) in [6.07, 6.45) is 0.649. The maximum atomic E-state index is 12.1. The van der Waals surface area contributed by atoms with Gasteiger partial charge in [0, 0.05) is 11.5 Å². The predicted octanol–water partition coefficient (Wildman–Crippen LogP) is 2.56. The van der Waals surface area contributed by atoms with Crippen molar-refractivity contribution in [2.24, 2.45) is 5.11 Å². The molecule has 0 saturated heterocycles. The van der Waals surface area contributed by atoms with Gasteiger partial charge in [0.2, 0.25) is 0 Å². The molecule has 0 aliphatic rings. The van der Waals surface area contributed by atoms with E-state index in [0.717, 1.165) is 18.4 Å². The Bertz CT molecular complexity index is 642. The first-order chi connectivity index (χ1) is 11.4. The monoisotopic (exact) mass is 357 g/mol. The molecule has 0 unspecified atom stereocenters. The Morgan fingerprint density at radius 2 is 1.96 bits per heavy atom. The van der Waals surface area contributed by atoms with Crippen LogP contribution in [0.4, 0.5) is 0 Å². The lowest BCUT2D eigenvalue weighted by Gasteiger charge is -2.18. The summed E-state index contributed by atoms with van der Waals surface area (Å²) in [7, 11) is -3.99. The number of azide groups is 1. The summed E-state index contributed by atoms with van der Waals surface area (Å²) < 4.78 is 34.4. The summed E-state index contributed by atoms with van der Waals surface area (Å²) >= 11 is 0. The maximum Gasteiger partial charge on any atom is 0.296 e. The van der Waals surface area contributed by atoms with Crippen LogP contribution in [0.2, 0.25) is 0 Å². The molecule has 2 atom stereocenters. The van der Waals surface area contributed by atoms with E-state index in [2.05, 4.69) is 10.0 Å². The van der Waals surface area contributed by atoms with E-state index in [0.29, 0.717) is 6.61 Å². The SMILES string of the molecule is CCCCOC[C@H](O)[C@H](COS(=O)(=O)c1ccc(C)cc1)N=[N+]=[N-]. The van der Waals surface area contributed by atoms with Gasteiger partial charge in [-0.25, -0.2) is 0 Å². The number of aliphatic hydroxyl groups is 1. The minimum Gasteiger partial charge on any atom is -0.390 e.